The molecule has 1 aromatic carbocycles. The summed E-state index contributed by atoms with van der Waals surface area (Å²) in [5, 5.41) is 2.70. The molecule has 2 aliphatic rings. The number of aromatic nitrogens is 2. The monoisotopic (exact) mass is 377 g/mol. The van der Waals surface area contributed by atoms with E-state index in [9.17, 15) is 14.4 Å². The van der Waals surface area contributed by atoms with Crippen LogP contribution in [0.2, 0.25) is 0 Å². The summed E-state index contributed by atoms with van der Waals surface area (Å²) in [6.45, 7) is 0.533. The molecule has 0 unspecified atom stereocenters. The van der Waals surface area contributed by atoms with Gasteiger partial charge < -0.3 is 10.2 Å². The lowest BCUT2D eigenvalue weighted by Crippen LogP contribution is -2.38. The summed E-state index contributed by atoms with van der Waals surface area (Å²) in [5.41, 5.74) is 2.50. The normalized spacial score (nSPS) is 16.5. The number of likely N-dealkylation sites (N-methyl/N-ethyl adjacent to an activating group) is 1. The maximum absolute atomic E-state index is 12.4. The van der Waals surface area contributed by atoms with Crippen LogP contribution in [0.25, 0.3) is 11.3 Å². The smallest absolute Gasteiger partial charge is 0.277 e. The molecule has 0 aliphatic carbocycles. The van der Waals surface area contributed by atoms with Crippen LogP contribution in [0.4, 0.5) is 5.82 Å². The molecule has 3 heterocycles. The van der Waals surface area contributed by atoms with Gasteiger partial charge in [-0.05, 0) is 12.8 Å². The average molecular weight is 377 g/mol. The Labute approximate surface area is 161 Å². The number of nitrogens with one attached hydrogen (secondary N) is 1. The molecule has 28 heavy (non-hydrogen) atoms. The van der Waals surface area contributed by atoms with Gasteiger partial charge in [0.15, 0.2) is 5.82 Å². The highest BCUT2D eigenvalue weighted by atomic mass is 16.2. The zero-order valence-electron chi connectivity index (χ0n) is 15.4. The molecular weight excluding hydrogens is 358 g/mol. The average Bonchev–Trinajstić information content (AvgIpc) is 2.94. The highest BCUT2D eigenvalue weighted by molar-refractivity contribution is 6.19. The van der Waals surface area contributed by atoms with Crippen molar-refractivity contribution in [3.8, 4) is 11.3 Å². The third-order valence-corrected chi connectivity index (χ3v) is 4.85. The van der Waals surface area contributed by atoms with E-state index < -0.39 is 0 Å². The first-order chi connectivity index (χ1) is 13.5. The van der Waals surface area contributed by atoms with Gasteiger partial charge in [-0.1, -0.05) is 30.3 Å². The van der Waals surface area contributed by atoms with Gasteiger partial charge in [-0.2, -0.15) is 0 Å². The lowest BCUT2D eigenvalue weighted by molar-refractivity contribution is -0.136. The highest BCUT2D eigenvalue weighted by Gasteiger charge is 2.40. The third kappa shape index (κ3) is 3.24. The highest BCUT2D eigenvalue weighted by Crippen LogP contribution is 2.30. The van der Waals surface area contributed by atoms with Gasteiger partial charge in [-0.3, -0.25) is 24.3 Å². The van der Waals surface area contributed by atoms with E-state index >= 15 is 0 Å². The summed E-state index contributed by atoms with van der Waals surface area (Å²) in [6, 6.07) is 9.62. The van der Waals surface area contributed by atoms with Gasteiger partial charge in [0.05, 0.1) is 24.6 Å². The predicted octanol–water partition coefficient (Wildman–Crippen LogP) is 1.43. The van der Waals surface area contributed by atoms with Crippen molar-refractivity contribution in [2.45, 2.75) is 12.8 Å². The van der Waals surface area contributed by atoms with Gasteiger partial charge in [0.2, 0.25) is 5.91 Å². The maximum atomic E-state index is 12.4. The van der Waals surface area contributed by atoms with Crippen LogP contribution >= 0.6 is 0 Å². The molecule has 3 amide bonds. The second-order valence-corrected chi connectivity index (χ2v) is 6.72. The van der Waals surface area contributed by atoms with E-state index in [1.807, 2.05) is 30.3 Å². The van der Waals surface area contributed by atoms with Gasteiger partial charge in [0, 0.05) is 24.7 Å². The predicted molar refractivity (Wildman–Crippen MR) is 102 cm³/mol. The molecule has 8 heteroatoms. The van der Waals surface area contributed by atoms with Crippen LogP contribution in [0.5, 0.6) is 0 Å². The second-order valence-electron chi connectivity index (χ2n) is 6.72. The number of hydrogen-bond acceptors (Lipinski definition) is 6. The standard InChI is InChI=1S/C20H19N5O3/c1-24-19(27)14-8-5-9-25(18(14)20(24)28)12-17(26)23-16-11-21-15(10-22-16)13-6-3-2-4-7-13/h2-4,6-7,10-11H,5,8-9,12H2,1H3,(H,22,23,26). The first-order valence-corrected chi connectivity index (χ1v) is 9.02. The molecule has 142 valence electrons. The zero-order valence-corrected chi connectivity index (χ0v) is 15.4. The Hall–Kier alpha value is -3.55. The van der Waals surface area contributed by atoms with Crippen LogP contribution in [0.3, 0.4) is 0 Å². The molecule has 1 aromatic heterocycles. The lowest BCUT2D eigenvalue weighted by atomic mass is 10.0. The number of anilines is 1. The fourth-order valence-electron chi connectivity index (χ4n) is 3.46. The van der Waals surface area contributed by atoms with Crippen molar-refractivity contribution in [3.63, 3.8) is 0 Å². The van der Waals surface area contributed by atoms with Crippen molar-refractivity contribution in [2.75, 3.05) is 25.5 Å². The van der Waals surface area contributed by atoms with Crippen LogP contribution in [0, 0.1) is 0 Å². The molecule has 4 rings (SSSR count). The largest absolute Gasteiger partial charge is 0.357 e. The van der Waals surface area contributed by atoms with Crippen LogP contribution in [-0.4, -0.2) is 57.6 Å². The van der Waals surface area contributed by atoms with Gasteiger partial charge in [-0.25, -0.2) is 4.98 Å². The molecule has 0 spiro atoms. The van der Waals surface area contributed by atoms with Crippen LogP contribution in [0.15, 0.2) is 54.0 Å². The number of carbonyl (C=O) groups is 3. The van der Waals surface area contributed by atoms with Crippen LogP contribution in [0.1, 0.15) is 12.8 Å². The molecule has 8 nitrogen and oxygen atoms in total. The van der Waals surface area contributed by atoms with Gasteiger partial charge >= 0.3 is 0 Å². The number of nitrogens with zero attached hydrogens (tertiary/aromatic N) is 4. The van der Waals surface area contributed by atoms with Crippen LogP contribution in [-0.2, 0) is 14.4 Å². The van der Waals surface area contributed by atoms with Crippen molar-refractivity contribution >= 4 is 23.5 Å². The Morgan fingerprint density at radius 1 is 1.11 bits per heavy atom. The fourth-order valence-corrected chi connectivity index (χ4v) is 3.46. The second kappa shape index (κ2) is 7.22. The van der Waals surface area contributed by atoms with E-state index in [0.29, 0.717) is 35.7 Å². The molecule has 0 saturated carbocycles. The fraction of sp³-hybridized carbons (Fsp3) is 0.250. The van der Waals surface area contributed by atoms with E-state index in [1.54, 1.807) is 11.1 Å². The van der Waals surface area contributed by atoms with E-state index in [2.05, 4.69) is 15.3 Å². The molecule has 0 atom stereocenters. The minimum absolute atomic E-state index is 0.0200. The Balaban J connectivity index is 1.43. The quantitative estimate of drug-likeness (QED) is 0.810. The summed E-state index contributed by atoms with van der Waals surface area (Å²) < 4.78 is 0. The van der Waals surface area contributed by atoms with E-state index in [-0.39, 0.29) is 24.3 Å². The maximum Gasteiger partial charge on any atom is 0.277 e. The number of benzene rings is 1. The van der Waals surface area contributed by atoms with E-state index in [4.69, 9.17) is 0 Å². The molecule has 2 aromatic rings. The Kier molecular flexibility index (Phi) is 4.60. The van der Waals surface area contributed by atoms with E-state index in [0.717, 1.165) is 16.9 Å². The van der Waals surface area contributed by atoms with E-state index in [1.165, 1.54) is 13.2 Å². The number of imide groups is 1. The Morgan fingerprint density at radius 2 is 1.89 bits per heavy atom. The SMILES string of the molecule is CN1C(=O)C2=C(C1=O)N(CC(=O)Nc1cnc(-c3ccccc3)cn1)CCC2. The molecule has 2 aliphatic heterocycles. The lowest BCUT2D eigenvalue weighted by Gasteiger charge is -2.28. The van der Waals surface area contributed by atoms with Gasteiger partial charge in [0.25, 0.3) is 11.8 Å². The number of amides is 3. The molecule has 1 N–H and O–H groups in total. The number of carbonyl (C=O) groups excluding carboxylic acids is 3. The molecule has 0 bridgehead atoms. The Bertz CT molecular complexity index is 969. The van der Waals surface area contributed by atoms with Crippen molar-refractivity contribution in [3.05, 3.63) is 54.0 Å². The summed E-state index contributed by atoms with van der Waals surface area (Å²) in [4.78, 5) is 48.2. The topological polar surface area (TPSA) is 95.5 Å². The molecular formula is C20H19N5O3. The first-order valence-electron chi connectivity index (χ1n) is 9.02. The molecule has 0 saturated heterocycles. The van der Waals surface area contributed by atoms with Crippen molar-refractivity contribution in [1.29, 1.82) is 0 Å². The zero-order chi connectivity index (χ0) is 19.7. The third-order valence-electron chi connectivity index (χ3n) is 4.85. The summed E-state index contributed by atoms with van der Waals surface area (Å²) in [6.07, 6.45) is 4.39. The number of hydrogen-bond donors (Lipinski definition) is 1. The van der Waals surface area contributed by atoms with Gasteiger partial charge in [-0.15, -0.1) is 0 Å². The van der Waals surface area contributed by atoms with Crippen molar-refractivity contribution < 1.29 is 14.4 Å². The molecule has 0 fully saturated rings. The first kappa shape index (κ1) is 17.8. The minimum atomic E-state index is -0.348. The molecule has 0 radical (unpaired) electrons. The minimum Gasteiger partial charge on any atom is -0.357 e. The summed E-state index contributed by atoms with van der Waals surface area (Å²) in [5.74, 6) is -0.598. The van der Waals surface area contributed by atoms with Crippen LogP contribution < -0.4 is 5.32 Å². The summed E-state index contributed by atoms with van der Waals surface area (Å²) >= 11 is 0. The number of rotatable bonds is 4. The Morgan fingerprint density at radius 3 is 2.61 bits per heavy atom. The van der Waals surface area contributed by atoms with Crippen molar-refractivity contribution in [1.82, 2.24) is 19.8 Å². The van der Waals surface area contributed by atoms with Gasteiger partial charge in [0.1, 0.15) is 5.70 Å². The summed E-state index contributed by atoms with van der Waals surface area (Å²) in [7, 11) is 1.46. The van der Waals surface area contributed by atoms with Crippen molar-refractivity contribution in [2.24, 2.45) is 0 Å².